The van der Waals surface area contributed by atoms with Crippen molar-refractivity contribution in [3.8, 4) is 17.1 Å². The fourth-order valence-corrected chi connectivity index (χ4v) is 10.1. The minimum atomic E-state index is -0.382. The number of nitrogens with zero attached hydrogens (tertiary/aromatic N) is 8. The first-order valence-electron chi connectivity index (χ1n) is 21.6. The summed E-state index contributed by atoms with van der Waals surface area (Å²) < 4.78 is 10.4. The number of fused-ring (bicyclic) bond motifs is 9. The molecule has 4 aliphatic heterocycles. The molecule has 0 spiro atoms. The zero-order chi connectivity index (χ0) is 40.9. The number of nitrogens with one attached hydrogen (secondary N) is 3. The van der Waals surface area contributed by atoms with Gasteiger partial charge in [0.25, 0.3) is 5.91 Å². The lowest BCUT2D eigenvalue weighted by Crippen LogP contribution is -2.53. The van der Waals surface area contributed by atoms with Gasteiger partial charge in [0, 0.05) is 93.6 Å². The molecule has 10 rings (SSSR count). The Morgan fingerprint density at radius 1 is 0.800 bits per heavy atom. The quantitative estimate of drug-likeness (QED) is 0.201. The van der Waals surface area contributed by atoms with E-state index in [2.05, 4.69) is 70.6 Å². The summed E-state index contributed by atoms with van der Waals surface area (Å²) in [6, 6.07) is 18.7. The van der Waals surface area contributed by atoms with Gasteiger partial charge in [-0.05, 0) is 112 Å². The average molecular weight is 812 g/mol. The number of pyridine rings is 1. The highest BCUT2D eigenvalue weighted by Crippen LogP contribution is 2.37. The van der Waals surface area contributed by atoms with Crippen LogP contribution in [0.25, 0.3) is 22.3 Å². The molecule has 15 nitrogen and oxygen atoms in total. The van der Waals surface area contributed by atoms with E-state index in [9.17, 15) is 14.4 Å². The smallest absolute Gasteiger partial charge is 0.258 e. The lowest BCUT2D eigenvalue weighted by atomic mass is 10.0. The van der Waals surface area contributed by atoms with E-state index < -0.39 is 0 Å². The number of piperidine rings is 2. The summed E-state index contributed by atoms with van der Waals surface area (Å²) in [5.74, 6) is 1.45. The van der Waals surface area contributed by atoms with Crippen LogP contribution in [0.5, 0.6) is 5.88 Å². The van der Waals surface area contributed by atoms with Gasteiger partial charge < -0.3 is 24.4 Å². The Labute approximate surface area is 349 Å². The van der Waals surface area contributed by atoms with Gasteiger partial charge in [-0.2, -0.15) is 5.10 Å². The summed E-state index contributed by atoms with van der Waals surface area (Å²) >= 11 is 0. The molecular formula is C45H53N11O4. The van der Waals surface area contributed by atoms with Gasteiger partial charge in [0.1, 0.15) is 6.04 Å². The van der Waals surface area contributed by atoms with Crippen LogP contribution in [0.4, 0.5) is 23.0 Å². The Morgan fingerprint density at radius 2 is 1.57 bits per heavy atom. The highest BCUT2D eigenvalue weighted by atomic mass is 16.5. The molecule has 5 aliphatic rings. The van der Waals surface area contributed by atoms with Crippen LogP contribution in [-0.2, 0) is 23.2 Å². The normalized spacial score (nSPS) is 23.0. The molecular weight excluding hydrogens is 759 g/mol. The number of amides is 3. The summed E-state index contributed by atoms with van der Waals surface area (Å²) in [6.45, 7) is 9.25. The number of anilines is 4. The summed E-state index contributed by atoms with van der Waals surface area (Å²) in [7, 11) is 1.88. The van der Waals surface area contributed by atoms with E-state index in [1.165, 1.54) is 11.4 Å². The summed E-state index contributed by atoms with van der Waals surface area (Å²) in [6.07, 6.45) is 8.11. The molecule has 3 amide bonds. The fraction of sp³-hybridized carbons (Fsp3) is 0.467. The third-order valence-corrected chi connectivity index (χ3v) is 13.4. The predicted molar refractivity (Wildman–Crippen MR) is 230 cm³/mol. The largest absolute Gasteiger partial charge is 0.477 e. The van der Waals surface area contributed by atoms with Gasteiger partial charge in [0.2, 0.25) is 23.6 Å². The number of piperazine rings is 1. The van der Waals surface area contributed by atoms with Crippen LogP contribution in [-0.4, -0.2) is 105 Å². The topological polar surface area (TPSA) is 155 Å². The number of hydrogen-bond acceptors (Lipinski definition) is 11. The van der Waals surface area contributed by atoms with Crippen LogP contribution in [0.1, 0.15) is 61.0 Å². The van der Waals surface area contributed by atoms with Crippen molar-refractivity contribution in [3.05, 3.63) is 72.1 Å². The molecule has 3 atom stereocenters. The molecule has 2 aromatic carbocycles. The van der Waals surface area contributed by atoms with Crippen LogP contribution in [0, 0.1) is 18.8 Å². The zero-order valence-electron chi connectivity index (χ0n) is 34.4. The number of benzene rings is 2. The average Bonchev–Trinajstić information content (AvgIpc) is 3.97. The standard InChI is InChI=1S/C45H53N11O4/c1-28-21-31-23-39(47-28)36-25-46-52(2)44(36)60-27-30-4-3-29(22-30)26-56-40-24-35(9-10-37(40)49-45(56)51-42(31)58)55-19-17-54(18-20-55)34-13-15-53(16-14-34)33-7-5-32(6-8-33)48-38-11-12-41(57)50-43(38)59/h5-10,21,23-25,29-30,34,38,48H,3-4,11-20,22,26-27H2,1-2H3,(H,49,51,58)(H,50,57,59)/t29-,30+,38?/m1/s1. The zero-order valence-corrected chi connectivity index (χ0v) is 34.4. The van der Waals surface area contributed by atoms with Gasteiger partial charge in [-0.25, -0.2) is 9.67 Å². The molecule has 15 heteroatoms. The third kappa shape index (κ3) is 7.66. The Kier molecular flexibility index (Phi) is 10.1. The van der Waals surface area contributed by atoms with E-state index >= 15 is 0 Å². The lowest BCUT2D eigenvalue weighted by Gasteiger charge is -2.43. The molecule has 1 aliphatic carbocycles. The number of imide groups is 1. The van der Waals surface area contributed by atoms with E-state index in [4.69, 9.17) is 14.7 Å². The number of ether oxygens (including phenoxy) is 1. The Hall–Kier alpha value is -5.96. The van der Waals surface area contributed by atoms with Crippen LogP contribution in [0.2, 0.25) is 0 Å². The number of carbonyl (C=O) groups is 3. The maximum absolute atomic E-state index is 14.0. The van der Waals surface area contributed by atoms with Crippen molar-refractivity contribution in [1.29, 1.82) is 0 Å². The van der Waals surface area contributed by atoms with E-state index in [1.54, 1.807) is 10.9 Å². The van der Waals surface area contributed by atoms with Crippen molar-refractivity contribution >= 4 is 51.8 Å². The van der Waals surface area contributed by atoms with Crippen LogP contribution in [0.3, 0.4) is 0 Å². The molecule has 4 fully saturated rings. The molecule has 3 N–H and O–H groups in total. The van der Waals surface area contributed by atoms with Gasteiger partial charge in [-0.1, -0.05) is 0 Å². The third-order valence-electron chi connectivity index (χ3n) is 13.4. The molecule has 60 heavy (non-hydrogen) atoms. The molecule has 4 bridgehead atoms. The lowest BCUT2D eigenvalue weighted by molar-refractivity contribution is -0.133. The SMILES string of the molecule is Cc1cc2cc(n1)-c1cnn(C)c1OC[C@H]1CC[C@H](C1)Cn1c(nc3ccc(N4CCN(C5CCN(c6ccc(NC7CCC(=O)NC7=O)cc6)CC5)CC4)cc31)NC2=O. The predicted octanol–water partition coefficient (Wildman–Crippen LogP) is 5.21. The Balaban J connectivity index is 0.804. The van der Waals surface area contributed by atoms with Crippen LogP contribution < -0.4 is 30.5 Å². The second-order valence-corrected chi connectivity index (χ2v) is 17.3. The van der Waals surface area contributed by atoms with Crippen molar-refractivity contribution < 1.29 is 19.1 Å². The number of carbonyl (C=O) groups excluding carboxylic acids is 3. The molecule has 1 unspecified atom stereocenters. The highest BCUT2D eigenvalue weighted by Gasteiger charge is 2.31. The van der Waals surface area contributed by atoms with Crippen LogP contribution >= 0.6 is 0 Å². The van der Waals surface area contributed by atoms with Crippen molar-refractivity contribution in [2.75, 3.05) is 66.3 Å². The van der Waals surface area contributed by atoms with E-state index in [0.717, 1.165) is 106 Å². The van der Waals surface area contributed by atoms with Gasteiger partial charge >= 0.3 is 0 Å². The number of aryl methyl sites for hydroxylation is 2. The number of aromatic nitrogens is 5. The van der Waals surface area contributed by atoms with Gasteiger partial charge in [-0.15, -0.1) is 0 Å². The van der Waals surface area contributed by atoms with Gasteiger partial charge in [0.05, 0.1) is 35.1 Å². The number of imidazole rings is 1. The van der Waals surface area contributed by atoms with E-state index in [1.807, 2.05) is 38.2 Å². The molecule has 5 aromatic rings. The molecule has 0 radical (unpaired) electrons. The summed E-state index contributed by atoms with van der Waals surface area (Å²) in [5.41, 5.74) is 7.91. The summed E-state index contributed by atoms with van der Waals surface area (Å²) in [4.78, 5) is 55.1. The molecule has 312 valence electrons. The first-order valence-corrected chi connectivity index (χ1v) is 21.6. The Morgan fingerprint density at radius 3 is 2.37 bits per heavy atom. The minimum Gasteiger partial charge on any atom is -0.477 e. The number of rotatable bonds is 5. The molecule has 7 heterocycles. The van der Waals surface area contributed by atoms with Crippen molar-refractivity contribution in [2.24, 2.45) is 18.9 Å². The molecule has 1 saturated carbocycles. The van der Waals surface area contributed by atoms with Crippen molar-refractivity contribution in [1.82, 2.24) is 34.5 Å². The first kappa shape index (κ1) is 38.3. The number of hydrogen-bond donors (Lipinski definition) is 3. The van der Waals surface area contributed by atoms with E-state index in [-0.39, 0.29) is 23.8 Å². The monoisotopic (exact) mass is 811 g/mol. The van der Waals surface area contributed by atoms with Crippen molar-refractivity contribution in [2.45, 2.75) is 70.5 Å². The fourth-order valence-electron chi connectivity index (χ4n) is 10.1. The summed E-state index contributed by atoms with van der Waals surface area (Å²) in [5, 5.41) is 13.4. The second-order valence-electron chi connectivity index (χ2n) is 17.3. The second kappa shape index (κ2) is 15.9. The minimum absolute atomic E-state index is 0.203. The molecule has 3 aromatic heterocycles. The van der Waals surface area contributed by atoms with Gasteiger partial charge in [-0.3, -0.25) is 34.9 Å². The van der Waals surface area contributed by atoms with Gasteiger partial charge in [0.15, 0.2) is 0 Å². The molecule has 3 saturated heterocycles. The van der Waals surface area contributed by atoms with Crippen molar-refractivity contribution in [3.63, 3.8) is 0 Å². The van der Waals surface area contributed by atoms with E-state index in [0.29, 0.717) is 60.4 Å². The maximum atomic E-state index is 14.0. The first-order chi connectivity index (χ1) is 29.2. The highest BCUT2D eigenvalue weighted by molar-refractivity contribution is 6.05. The maximum Gasteiger partial charge on any atom is 0.258 e. The Bertz CT molecular complexity index is 2430. The van der Waals surface area contributed by atoms with Crippen LogP contribution in [0.15, 0.2) is 60.8 Å².